The summed E-state index contributed by atoms with van der Waals surface area (Å²) in [7, 11) is -3.13. The number of nitrogens with one attached hydrogen (secondary N) is 1. The van der Waals surface area contributed by atoms with E-state index in [2.05, 4.69) is 5.32 Å². The van der Waals surface area contributed by atoms with Crippen molar-refractivity contribution in [3.05, 3.63) is 107 Å². The lowest BCUT2D eigenvalue weighted by Gasteiger charge is -2.09. The van der Waals surface area contributed by atoms with Crippen molar-refractivity contribution in [1.82, 2.24) is 9.78 Å². The summed E-state index contributed by atoms with van der Waals surface area (Å²) in [5, 5.41) is 7.74. The Bertz CT molecular complexity index is 1380. The lowest BCUT2D eigenvalue weighted by Crippen LogP contribution is -2.16. The molecule has 33 heavy (non-hydrogen) atoms. The Labute approximate surface area is 193 Å². The summed E-state index contributed by atoms with van der Waals surface area (Å²) >= 11 is 0. The van der Waals surface area contributed by atoms with Gasteiger partial charge in [0.1, 0.15) is 5.82 Å². The number of aromatic nitrogens is 2. The molecular weight excluding hydrogens is 434 g/mol. The molecule has 1 amide bonds. The third-order valence-electron chi connectivity index (χ3n) is 5.26. The summed E-state index contributed by atoms with van der Waals surface area (Å²) in [5.41, 5.74) is 5.04. The molecule has 168 valence electrons. The molecule has 0 spiro atoms. The molecule has 0 radical (unpaired) electrons. The number of hydrogen-bond acceptors (Lipinski definition) is 4. The topological polar surface area (TPSA) is 81.1 Å². The van der Waals surface area contributed by atoms with E-state index >= 15 is 0 Å². The molecular formula is C26H25N3O3S. The van der Waals surface area contributed by atoms with Crippen LogP contribution in [-0.4, -0.2) is 30.4 Å². The van der Waals surface area contributed by atoms with Crippen molar-refractivity contribution in [3.63, 3.8) is 0 Å². The average Bonchev–Trinajstić information content (AvgIpc) is 3.16. The van der Waals surface area contributed by atoms with Crippen LogP contribution >= 0.6 is 0 Å². The highest BCUT2D eigenvalue weighted by Gasteiger charge is 2.15. The van der Waals surface area contributed by atoms with Gasteiger partial charge in [-0.2, -0.15) is 5.10 Å². The van der Waals surface area contributed by atoms with Gasteiger partial charge in [-0.25, -0.2) is 13.1 Å². The molecule has 0 aliphatic carbocycles. The van der Waals surface area contributed by atoms with Gasteiger partial charge in [0.05, 0.1) is 18.0 Å². The third kappa shape index (κ3) is 5.75. The molecule has 0 bridgehead atoms. The number of nitrogens with zero attached hydrogens (tertiary/aromatic N) is 2. The molecule has 0 aliphatic rings. The molecule has 0 unspecified atom stereocenters. The fourth-order valence-electron chi connectivity index (χ4n) is 3.63. The molecule has 3 aromatic carbocycles. The predicted molar refractivity (Wildman–Crippen MR) is 131 cm³/mol. The number of anilines is 1. The quantitative estimate of drug-likeness (QED) is 0.434. The van der Waals surface area contributed by atoms with E-state index in [1.165, 1.54) is 6.26 Å². The Morgan fingerprint density at radius 1 is 0.909 bits per heavy atom. The zero-order valence-corrected chi connectivity index (χ0v) is 19.3. The van der Waals surface area contributed by atoms with Crippen LogP contribution in [0.4, 0.5) is 5.82 Å². The van der Waals surface area contributed by atoms with Crippen molar-refractivity contribution < 1.29 is 13.2 Å². The summed E-state index contributed by atoms with van der Waals surface area (Å²) in [6.45, 7) is 2.54. The minimum absolute atomic E-state index is 0.0570. The standard InChI is InChI=1S/C26H25N3O3S/c1-19-8-6-7-11-23(19)24-16-25(29(28-24)17-20-9-4-3-5-10-20)27-26(30)22-14-12-21(13-15-22)18-33(2,31)32/h3-16H,17-18H2,1-2H3,(H,27,30). The van der Waals surface area contributed by atoms with Gasteiger partial charge in [0.2, 0.25) is 0 Å². The monoisotopic (exact) mass is 459 g/mol. The van der Waals surface area contributed by atoms with Crippen LogP contribution in [0.25, 0.3) is 11.3 Å². The summed E-state index contributed by atoms with van der Waals surface area (Å²) in [6.07, 6.45) is 1.19. The van der Waals surface area contributed by atoms with Crippen molar-refractivity contribution in [2.24, 2.45) is 0 Å². The Morgan fingerprint density at radius 3 is 2.24 bits per heavy atom. The molecule has 6 nitrogen and oxygen atoms in total. The number of carbonyl (C=O) groups is 1. The van der Waals surface area contributed by atoms with Crippen LogP contribution in [0.15, 0.2) is 84.9 Å². The first kappa shape index (κ1) is 22.5. The van der Waals surface area contributed by atoms with E-state index in [-0.39, 0.29) is 11.7 Å². The summed E-state index contributed by atoms with van der Waals surface area (Å²) in [4.78, 5) is 13.0. The molecule has 0 aliphatic heterocycles. The lowest BCUT2D eigenvalue weighted by atomic mass is 10.1. The molecule has 4 aromatic rings. The number of amides is 1. The van der Waals surface area contributed by atoms with E-state index in [0.717, 1.165) is 22.4 Å². The Morgan fingerprint density at radius 2 is 1.58 bits per heavy atom. The fraction of sp³-hybridized carbons (Fsp3) is 0.154. The van der Waals surface area contributed by atoms with Gasteiger partial charge in [-0.3, -0.25) is 4.79 Å². The van der Waals surface area contributed by atoms with Crippen molar-refractivity contribution in [2.75, 3.05) is 11.6 Å². The lowest BCUT2D eigenvalue weighted by molar-refractivity contribution is 0.102. The number of benzene rings is 3. The van der Waals surface area contributed by atoms with Crippen molar-refractivity contribution >= 4 is 21.6 Å². The maximum absolute atomic E-state index is 13.0. The molecule has 0 saturated carbocycles. The van der Waals surface area contributed by atoms with Crippen LogP contribution in [-0.2, 0) is 22.1 Å². The second-order valence-corrected chi connectivity index (χ2v) is 10.2. The molecule has 0 atom stereocenters. The summed E-state index contributed by atoms with van der Waals surface area (Å²) < 4.78 is 24.8. The van der Waals surface area contributed by atoms with Gasteiger partial charge < -0.3 is 5.32 Å². The van der Waals surface area contributed by atoms with Gasteiger partial charge in [0, 0.05) is 23.4 Å². The highest BCUT2D eigenvalue weighted by Crippen LogP contribution is 2.26. The molecule has 7 heteroatoms. The normalized spacial score (nSPS) is 11.3. The highest BCUT2D eigenvalue weighted by molar-refractivity contribution is 7.89. The van der Waals surface area contributed by atoms with Crippen LogP contribution in [0.5, 0.6) is 0 Å². The van der Waals surface area contributed by atoms with E-state index in [0.29, 0.717) is 23.5 Å². The van der Waals surface area contributed by atoms with Crippen molar-refractivity contribution in [3.8, 4) is 11.3 Å². The Kier molecular flexibility index (Phi) is 6.42. The number of sulfone groups is 1. The van der Waals surface area contributed by atoms with Gasteiger partial charge in [0.15, 0.2) is 9.84 Å². The van der Waals surface area contributed by atoms with E-state index < -0.39 is 9.84 Å². The minimum Gasteiger partial charge on any atom is -0.307 e. The zero-order chi connectivity index (χ0) is 23.4. The molecule has 1 heterocycles. The summed E-state index contributed by atoms with van der Waals surface area (Å²) in [6, 6.07) is 26.4. The van der Waals surface area contributed by atoms with E-state index in [1.807, 2.05) is 67.6 Å². The Balaban J connectivity index is 1.62. The largest absolute Gasteiger partial charge is 0.307 e. The molecule has 0 saturated heterocycles. The van der Waals surface area contributed by atoms with Crippen molar-refractivity contribution in [1.29, 1.82) is 0 Å². The number of carbonyl (C=O) groups excluding carboxylic acids is 1. The maximum Gasteiger partial charge on any atom is 0.256 e. The number of rotatable bonds is 7. The predicted octanol–water partition coefficient (Wildman–Crippen LogP) is 4.70. The second-order valence-electron chi connectivity index (χ2n) is 8.09. The molecule has 1 aromatic heterocycles. The highest BCUT2D eigenvalue weighted by atomic mass is 32.2. The van der Waals surface area contributed by atoms with E-state index in [4.69, 9.17) is 5.10 Å². The fourth-order valence-corrected chi connectivity index (χ4v) is 4.43. The molecule has 1 N–H and O–H groups in total. The van der Waals surface area contributed by atoms with Crippen LogP contribution < -0.4 is 5.32 Å². The van der Waals surface area contributed by atoms with E-state index in [1.54, 1.807) is 28.9 Å². The second kappa shape index (κ2) is 9.42. The number of hydrogen-bond donors (Lipinski definition) is 1. The van der Waals surface area contributed by atoms with Gasteiger partial charge in [0.25, 0.3) is 5.91 Å². The molecule has 4 rings (SSSR count). The smallest absolute Gasteiger partial charge is 0.256 e. The minimum atomic E-state index is -3.13. The maximum atomic E-state index is 13.0. The zero-order valence-electron chi connectivity index (χ0n) is 18.5. The Hall–Kier alpha value is -3.71. The van der Waals surface area contributed by atoms with Crippen LogP contribution in [0.3, 0.4) is 0 Å². The van der Waals surface area contributed by atoms with Crippen molar-refractivity contribution in [2.45, 2.75) is 19.2 Å². The van der Waals surface area contributed by atoms with Gasteiger partial charge in [-0.1, -0.05) is 66.7 Å². The third-order valence-corrected chi connectivity index (χ3v) is 6.12. The van der Waals surface area contributed by atoms with Gasteiger partial charge in [-0.05, 0) is 35.7 Å². The first-order valence-electron chi connectivity index (χ1n) is 10.5. The number of aryl methyl sites for hydroxylation is 1. The van der Waals surface area contributed by atoms with Gasteiger partial charge >= 0.3 is 0 Å². The first-order valence-corrected chi connectivity index (χ1v) is 12.6. The van der Waals surface area contributed by atoms with Crippen LogP contribution in [0, 0.1) is 6.92 Å². The SMILES string of the molecule is Cc1ccccc1-c1cc(NC(=O)c2ccc(CS(C)(=O)=O)cc2)n(Cc2ccccc2)n1. The average molecular weight is 460 g/mol. The van der Waals surface area contributed by atoms with Crippen LogP contribution in [0.1, 0.15) is 27.0 Å². The summed E-state index contributed by atoms with van der Waals surface area (Å²) in [5.74, 6) is 0.243. The van der Waals surface area contributed by atoms with E-state index in [9.17, 15) is 13.2 Å². The van der Waals surface area contributed by atoms with Crippen LogP contribution in [0.2, 0.25) is 0 Å². The van der Waals surface area contributed by atoms with Gasteiger partial charge in [-0.15, -0.1) is 0 Å². The molecule has 0 fully saturated rings. The first-order chi connectivity index (χ1) is 15.8.